The maximum absolute atomic E-state index is 13.7. The molecular weight excluding hydrogens is 493 g/mol. The Morgan fingerprint density at radius 3 is 2.42 bits per heavy atom. The zero-order valence-corrected chi connectivity index (χ0v) is 19.7. The zero-order valence-electron chi connectivity index (χ0n) is 18.9. The highest BCUT2D eigenvalue weighted by atomic mass is 32.1. The van der Waals surface area contributed by atoms with E-state index in [0.717, 1.165) is 11.3 Å². The number of aromatic nitrogens is 3. The van der Waals surface area contributed by atoms with Crippen molar-refractivity contribution in [1.29, 1.82) is 0 Å². The van der Waals surface area contributed by atoms with E-state index in [1.807, 2.05) is 17.5 Å². The van der Waals surface area contributed by atoms with Crippen LogP contribution in [0.1, 0.15) is 5.56 Å². The van der Waals surface area contributed by atoms with Crippen LogP contribution in [0.2, 0.25) is 0 Å². The van der Waals surface area contributed by atoms with Crippen molar-refractivity contribution in [3.05, 3.63) is 71.2 Å². The number of benzene rings is 2. The van der Waals surface area contributed by atoms with Gasteiger partial charge in [-0.1, -0.05) is 12.1 Å². The fraction of sp³-hybridized carbons (Fsp3) is 0.167. The molecule has 12 heteroatoms. The number of alkyl halides is 3. The van der Waals surface area contributed by atoms with Crippen molar-refractivity contribution in [3.63, 3.8) is 0 Å². The lowest BCUT2D eigenvalue weighted by molar-refractivity contribution is -0.115. The number of anilines is 4. The van der Waals surface area contributed by atoms with Crippen LogP contribution in [0, 0.1) is 0 Å². The Morgan fingerprint density at radius 1 is 1.06 bits per heavy atom. The molecule has 0 fully saturated rings. The number of methoxy groups -OCH3 is 1. The van der Waals surface area contributed by atoms with Crippen LogP contribution in [0.15, 0.2) is 65.6 Å². The Kier molecular flexibility index (Phi) is 6.18. The second-order valence-electron chi connectivity index (χ2n) is 7.83. The van der Waals surface area contributed by atoms with Gasteiger partial charge in [0.05, 0.1) is 30.5 Å². The van der Waals surface area contributed by atoms with Crippen LogP contribution in [0.5, 0.6) is 5.75 Å². The average molecular weight is 513 g/mol. The van der Waals surface area contributed by atoms with Crippen molar-refractivity contribution >= 4 is 40.5 Å². The molecule has 1 aliphatic heterocycles. The highest BCUT2D eigenvalue weighted by Gasteiger charge is 2.35. The maximum Gasteiger partial charge on any atom is 0.405 e. The predicted molar refractivity (Wildman–Crippen MR) is 131 cm³/mol. The van der Waals surface area contributed by atoms with E-state index in [2.05, 4.69) is 20.3 Å². The van der Waals surface area contributed by atoms with E-state index in [9.17, 15) is 18.0 Å². The number of ether oxygens (including phenoxy) is 1. The SMILES string of the molecule is COc1ccc(N2Cc3cnc(NCC(F)(F)F)nc3N(c3ccc(-c4cscn4)cc3)C2=O)cc1. The molecule has 0 atom stereocenters. The van der Waals surface area contributed by atoms with Gasteiger partial charge in [-0.25, -0.2) is 19.7 Å². The van der Waals surface area contributed by atoms with Crippen LogP contribution < -0.4 is 19.9 Å². The molecule has 0 saturated carbocycles. The summed E-state index contributed by atoms with van der Waals surface area (Å²) in [6.07, 6.45) is -3.01. The van der Waals surface area contributed by atoms with E-state index in [0.29, 0.717) is 22.7 Å². The third-order valence-electron chi connectivity index (χ3n) is 5.49. The summed E-state index contributed by atoms with van der Waals surface area (Å²) in [6, 6.07) is 13.7. The van der Waals surface area contributed by atoms with Crippen molar-refractivity contribution in [2.24, 2.45) is 0 Å². The Bertz CT molecular complexity index is 1360. The van der Waals surface area contributed by atoms with Crippen LogP contribution >= 0.6 is 11.3 Å². The minimum atomic E-state index is -4.44. The molecule has 0 unspecified atom stereocenters. The first-order valence-electron chi connectivity index (χ1n) is 10.7. The lowest BCUT2D eigenvalue weighted by atomic mass is 10.1. The van der Waals surface area contributed by atoms with E-state index in [4.69, 9.17) is 4.74 Å². The first-order valence-corrected chi connectivity index (χ1v) is 11.7. The molecule has 8 nitrogen and oxygen atoms in total. The summed E-state index contributed by atoms with van der Waals surface area (Å²) in [7, 11) is 1.55. The number of carbonyl (C=O) groups excluding carboxylic acids is 1. The number of halogens is 3. The first kappa shape index (κ1) is 23.5. The summed E-state index contributed by atoms with van der Waals surface area (Å²) in [5.74, 6) is 0.633. The van der Waals surface area contributed by atoms with Gasteiger partial charge in [0, 0.05) is 28.4 Å². The summed E-state index contributed by atoms with van der Waals surface area (Å²) < 4.78 is 43.4. The molecule has 0 saturated heterocycles. The molecule has 0 radical (unpaired) electrons. The van der Waals surface area contributed by atoms with Gasteiger partial charge in [-0.15, -0.1) is 11.3 Å². The van der Waals surface area contributed by atoms with Gasteiger partial charge in [-0.3, -0.25) is 4.90 Å². The Morgan fingerprint density at radius 2 is 1.78 bits per heavy atom. The van der Waals surface area contributed by atoms with Crippen molar-refractivity contribution < 1.29 is 22.7 Å². The van der Waals surface area contributed by atoms with Gasteiger partial charge >= 0.3 is 12.2 Å². The molecule has 1 N–H and O–H groups in total. The number of fused-ring (bicyclic) bond motifs is 1. The molecule has 2 aromatic heterocycles. The van der Waals surface area contributed by atoms with E-state index in [-0.39, 0.29) is 18.3 Å². The molecule has 5 rings (SSSR count). The van der Waals surface area contributed by atoms with Gasteiger partial charge in [0.25, 0.3) is 0 Å². The summed E-state index contributed by atoms with van der Waals surface area (Å²) in [5.41, 5.74) is 5.09. The lowest BCUT2D eigenvalue weighted by Gasteiger charge is -2.36. The summed E-state index contributed by atoms with van der Waals surface area (Å²) >= 11 is 1.47. The first-order chi connectivity index (χ1) is 17.3. The molecule has 3 heterocycles. The summed E-state index contributed by atoms with van der Waals surface area (Å²) in [6.45, 7) is -1.15. The van der Waals surface area contributed by atoms with Gasteiger partial charge in [-0.2, -0.15) is 18.2 Å². The van der Waals surface area contributed by atoms with E-state index < -0.39 is 18.8 Å². The van der Waals surface area contributed by atoms with Crippen LogP contribution in [-0.4, -0.2) is 40.8 Å². The second kappa shape index (κ2) is 9.46. The third kappa shape index (κ3) is 4.80. The fourth-order valence-electron chi connectivity index (χ4n) is 3.75. The molecular formula is C24H19F3N6O2S. The quantitative estimate of drug-likeness (QED) is 0.348. The molecule has 0 spiro atoms. The molecule has 2 aromatic carbocycles. The van der Waals surface area contributed by atoms with Crippen molar-refractivity contribution in [1.82, 2.24) is 15.0 Å². The number of urea groups is 1. The van der Waals surface area contributed by atoms with E-state index >= 15 is 0 Å². The van der Waals surface area contributed by atoms with Gasteiger partial charge in [0.15, 0.2) is 5.82 Å². The van der Waals surface area contributed by atoms with Gasteiger partial charge < -0.3 is 10.1 Å². The molecule has 36 heavy (non-hydrogen) atoms. The molecule has 1 aliphatic rings. The minimum Gasteiger partial charge on any atom is -0.497 e. The lowest BCUT2D eigenvalue weighted by Crippen LogP contribution is -2.45. The molecule has 4 aromatic rings. The molecule has 0 bridgehead atoms. The van der Waals surface area contributed by atoms with E-state index in [1.165, 1.54) is 22.4 Å². The third-order valence-corrected chi connectivity index (χ3v) is 6.08. The molecule has 0 aliphatic carbocycles. The monoisotopic (exact) mass is 512 g/mol. The maximum atomic E-state index is 13.7. The van der Waals surface area contributed by atoms with Crippen LogP contribution in [0.4, 0.5) is 41.1 Å². The van der Waals surface area contributed by atoms with Crippen LogP contribution in [0.3, 0.4) is 0 Å². The summed E-state index contributed by atoms with van der Waals surface area (Å²) in [5, 5.41) is 4.10. The number of hydrogen-bond acceptors (Lipinski definition) is 7. The number of amides is 2. The largest absolute Gasteiger partial charge is 0.497 e. The highest BCUT2D eigenvalue weighted by molar-refractivity contribution is 7.07. The highest BCUT2D eigenvalue weighted by Crippen LogP contribution is 2.37. The fourth-order valence-corrected chi connectivity index (χ4v) is 4.31. The predicted octanol–water partition coefficient (Wildman–Crippen LogP) is 5.86. The van der Waals surface area contributed by atoms with Crippen molar-refractivity contribution in [2.45, 2.75) is 12.7 Å². The Balaban J connectivity index is 1.54. The normalized spacial score (nSPS) is 13.5. The standard InChI is InChI=1S/C24H19F3N6O2S/c1-35-19-8-6-17(7-9-19)32-11-16-10-28-22(29-13-24(25,26)27)31-21(16)33(23(32)34)18-4-2-15(3-5-18)20-12-36-14-30-20/h2-10,12,14H,11,13H2,1H3,(H,28,29,31). The van der Waals surface area contributed by atoms with Gasteiger partial charge in [0.2, 0.25) is 5.95 Å². The molecule has 184 valence electrons. The van der Waals surface area contributed by atoms with Crippen molar-refractivity contribution in [3.8, 4) is 17.0 Å². The second-order valence-corrected chi connectivity index (χ2v) is 8.55. The van der Waals surface area contributed by atoms with Crippen LogP contribution in [0.25, 0.3) is 11.3 Å². The van der Waals surface area contributed by atoms with E-state index in [1.54, 1.807) is 53.9 Å². The number of carbonyl (C=O) groups is 1. The topological polar surface area (TPSA) is 83.5 Å². The minimum absolute atomic E-state index is 0.146. The zero-order chi connectivity index (χ0) is 25.3. The summed E-state index contributed by atoms with van der Waals surface area (Å²) in [4.78, 5) is 29.3. The Labute approximate surface area is 208 Å². The average Bonchev–Trinajstić information content (AvgIpc) is 3.42. The number of thiazole rings is 1. The number of hydrogen-bond donors (Lipinski definition) is 1. The molecule has 2 amide bonds. The number of nitrogens with one attached hydrogen (secondary N) is 1. The smallest absolute Gasteiger partial charge is 0.405 e. The number of nitrogens with zero attached hydrogens (tertiary/aromatic N) is 5. The van der Waals surface area contributed by atoms with Gasteiger partial charge in [0.1, 0.15) is 12.3 Å². The Hall–Kier alpha value is -4.19. The van der Waals surface area contributed by atoms with Crippen molar-refractivity contribution in [2.75, 3.05) is 28.8 Å². The number of rotatable bonds is 6. The van der Waals surface area contributed by atoms with Gasteiger partial charge in [-0.05, 0) is 36.4 Å². The van der Waals surface area contributed by atoms with Crippen LogP contribution in [-0.2, 0) is 6.54 Å².